The van der Waals surface area contributed by atoms with E-state index in [9.17, 15) is 0 Å². The van der Waals surface area contributed by atoms with Gasteiger partial charge in [-0.05, 0) is 45.1 Å². The molecule has 1 aromatic carbocycles. The summed E-state index contributed by atoms with van der Waals surface area (Å²) in [5, 5.41) is 0. The Labute approximate surface area is 122 Å². The molecule has 0 spiro atoms. The first-order valence-electron chi connectivity index (χ1n) is 7.60. The van der Waals surface area contributed by atoms with E-state index in [1.807, 2.05) is 6.92 Å². The Morgan fingerprint density at radius 2 is 2.00 bits per heavy atom. The highest BCUT2D eigenvalue weighted by molar-refractivity contribution is 5.25. The Hall–Kier alpha value is -0.900. The first-order valence-corrected chi connectivity index (χ1v) is 7.60. The predicted molar refractivity (Wildman–Crippen MR) is 81.7 cm³/mol. The van der Waals surface area contributed by atoms with E-state index in [0.717, 1.165) is 19.3 Å². The lowest BCUT2D eigenvalue weighted by Crippen LogP contribution is -2.34. The molecule has 0 amide bonds. The Balaban J connectivity index is 2.06. The Kier molecular flexibility index (Phi) is 5.58. The van der Waals surface area contributed by atoms with Crippen molar-refractivity contribution < 1.29 is 9.47 Å². The molecule has 0 bridgehead atoms. The summed E-state index contributed by atoms with van der Waals surface area (Å²) in [6.45, 7) is 4.12. The van der Waals surface area contributed by atoms with Crippen LogP contribution in [-0.2, 0) is 9.47 Å². The van der Waals surface area contributed by atoms with Crippen LogP contribution in [0, 0.1) is 6.92 Å². The third-order valence-corrected chi connectivity index (χ3v) is 4.10. The van der Waals surface area contributed by atoms with Crippen LogP contribution >= 0.6 is 0 Å². The fraction of sp³-hybridized carbons (Fsp3) is 0.647. The van der Waals surface area contributed by atoms with Crippen LogP contribution in [0.1, 0.15) is 49.8 Å². The van der Waals surface area contributed by atoms with Gasteiger partial charge < -0.3 is 15.2 Å². The van der Waals surface area contributed by atoms with Crippen molar-refractivity contribution in [1.29, 1.82) is 0 Å². The van der Waals surface area contributed by atoms with E-state index in [4.69, 9.17) is 15.2 Å². The molecule has 0 radical (unpaired) electrons. The topological polar surface area (TPSA) is 44.5 Å². The molecule has 0 aromatic heterocycles. The Morgan fingerprint density at radius 1 is 1.25 bits per heavy atom. The molecule has 4 unspecified atom stereocenters. The number of rotatable bonds is 5. The number of ether oxygens (including phenoxy) is 2. The molecule has 1 aromatic rings. The molecule has 2 N–H and O–H groups in total. The standard InChI is InChI=1S/C17H27NO2/c1-12-6-4-7-14(10-12)17(13(2)18)20-16-9-5-8-15(11-16)19-3/h4,6-7,10,13,15-17H,5,8-9,11,18H2,1-3H3. The number of hydrogen-bond acceptors (Lipinski definition) is 3. The lowest BCUT2D eigenvalue weighted by atomic mass is 9.94. The largest absolute Gasteiger partial charge is 0.381 e. The van der Waals surface area contributed by atoms with Crippen molar-refractivity contribution >= 4 is 0 Å². The maximum atomic E-state index is 6.32. The molecule has 20 heavy (non-hydrogen) atoms. The van der Waals surface area contributed by atoms with Gasteiger partial charge in [0, 0.05) is 13.2 Å². The van der Waals surface area contributed by atoms with Gasteiger partial charge in [-0.1, -0.05) is 29.8 Å². The van der Waals surface area contributed by atoms with Crippen LogP contribution in [0.5, 0.6) is 0 Å². The van der Waals surface area contributed by atoms with Crippen LogP contribution in [-0.4, -0.2) is 25.4 Å². The second-order valence-electron chi connectivity index (χ2n) is 5.98. The monoisotopic (exact) mass is 277 g/mol. The van der Waals surface area contributed by atoms with Gasteiger partial charge in [-0.2, -0.15) is 0 Å². The highest BCUT2D eigenvalue weighted by Gasteiger charge is 2.27. The number of methoxy groups -OCH3 is 1. The highest BCUT2D eigenvalue weighted by atomic mass is 16.5. The number of nitrogens with two attached hydrogens (primary N) is 1. The van der Waals surface area contributed by atoms with E-state index in [-0.39, 0.29) is 18.2 Å². The van der Waals surface area contributed by atoms with Crippen LogP contribution < -0.4 is 5.73 Å². The lowest BCUT2D eigenvalue weighted by molar-refractivity contribution is -0.0725. The molecular formula is C17H27NO2. The Morgan fingerprint density at radius 3 is 2.65 bits per heavy atom. The maximum Gasteiger partial charge on any atom is 0.0976 e. The quantitative estimate of drug-likeness (QED) is 0.897. The summed E-state index contributed by atoms with van der Waals surface area (Å²) in [7, 11) is 1.79. The fourth-order valence-electron chi connectivity index (χ4n) is 3.00. The van der Waals surface area contributed by atoms with E-state index in [0.29, 0.717) is 6.10 Å². The number of aryl methyl sites for hydroxylation is 1. The molecular weight excluding hydrogens is 250 g/mol. The maximum absolute atomic E-state index is 6.32. The lowest BCUT2D eigenvalue weighted by Gasteiger charge is -2.33. The second kappa shape index (κ2) is 7.21. The second-order valence-corrected chi connectivity index (χ2v) is 5.98. The molecule has 2 rings (SSSR count). The zero-order chi connectivity index (χ0) is 14.5. The van der Waals surface area contributed by atoms with Crippen LogP contribution in [0.2, 0.25) is 0 Å². The molecule has 0 saturated heterocycles. The number of benzene rings is 1. The molecule has 0 heterocycles. The van der Waals surface area contributed by atoms with Crippen molar-refractivity contribution in [1.82, 2.24) is 0 Å². The van der Waals surface area contributed by atoms with Crippen molar-refractivity contribution in [2.24, 2.45) is 5.73 Å². The highest BCUT2D eigenvalue weighted by Crippen LogP contribution is 2.30. The molecule has 1 saturated carbocycles. The van der Waals surface area contributed by atoms with Gasteiger partial charge in [-0.3, -0.25) is 0 Å². The predicted octanol–water partition coefficient (Wildman–Crippen LogP) is 3.36. The third-order valence-electron chi connectivity index (χ3n) is 4.10. The molecule has 4 atom stereocenters. The fourth-order valence-corrected chi connectivity index (χ4v) is 3.00. The van der Waals surface area contributed by atoms with Crippen LogP contribution in [0.4, 0.5) is 0 Å². The summed E-state index contributed by atoms with van der Waals surface area (Å²) in [5.41, 5.74) is 8.57. The molecule has 3 nitrogen and oxygen atoms in total. The minimum Gasteiger partial charge on any atom is -0.381 e. The van der Waals surface area contributed by atoms with Gasteiger partial charge in [0.15, 0.2) is 0 Å². The van der Waals surface area contributed by atoms with Crippen molar-refractivity contribution in [3.05, 3.63) is 35.4 Å². The average molecular weight is 277 g/mol. The summed E-state index contributed by atoms with van der Waals surface area (Å²) >= 11 is 0. The van der Waals surface area contributed by atoms with Gasteiger partial charge in [0.05, 0.1) is 18.3 Å². The van der Waals surface area contributed by atoms with E-state index >= 15 is 0 Å². The molecule has 1 aliphatic carbocycles. The summed E-state index contributed by atoms with van der Waals surface area (Å²) in [4.78, 5) is 0. The molecule has 1 fully saturated rings. The summed E-state index contributed by atoms with van der Waals surface area (Å²) in [6.07, 6.45) is 4.95. The summed E-state index contributed by atoms with van der Waals surface area (Å²) in [5.74, 6) is 0. The van der Waals surface area contributed by atoms with Gasteiger partial charge in [0.25, 0.3) is 0 Å². The Bertz CT molecular complexity index is 419. The minimum absolute atomic E-state index is 0.0141. The summed E-state index contributed by atoms with van der Waals surface area (Å²) < 4.78 is 11.8. The SMILES string of the molecule is COC1CCCC(OC(c2cccc(C)c2)C(C)N)C1. The van der Waals surface area contributed by atoms with Crippen molar-refractivity contribution in [2.75, 3.05) is 7.11 Å². The zero-order valence-electron chi connectivity index (χ0n) is 12.8. The van der Waals surface area contributed by atoms with Crippen LogP contribution in [0.3, 0.4) is 0 Å². The first-order chi connectivity index (χ1) is 9.60. The third kappa shape index (κ3) is 4.05. The smallest absolute Gasteiger partial charge is 0.0976 e. The van der Waals surface area contributed by atoms with E-state index in [1.54, 1.807) is 7.11 Å². The van der Waals surface area contributed by atoms with Crippen molar-refractivity contribution in [2.45, 2.75) is 63.9 Å². The first kappa shape index (κ1) is 15.5. The van der Waals surface area contributed by atoms with Crippen LogP contribution in [0.25, 0.3) is 0 Å². The van der Waals surface area contributed by atoms with Gasteiger partial charge in [-0.25, -0.2) is 0 Å². The molecule has 3 heteroatoms. The van der Waals surface area contributed by atoms with Gasteiger partial charge in [-0.15, -0.1) is 0 Å². The van der Waals surface area contributed by atoms with Gasteiger partial charge in [0.1, 0.15) is 0 Å². The number of hydrogen-bond donors (Lipinski definition) is 1. The van der Waals surface area contributed by atoms with Gasteiger partial charge in [0.2, 0.25) is 0 Å². The van der Waals surface area contributed by atoms with Gasteiger partial charge >= 0.3 is 0 Å². The average Bonchev–Trinajstić information content (AvgIpc) is 2.44. The minimum atomic E-state index is -0.0319. The van der Waals surface area contributed by atoms with Crippen molar-refractivity contribution in [3.63, 3.8) is 0 Å². The molecule has 112 valence electrons. The van der Waals surface area contributed by atoms with E-state index in [2.05, 4.69) is 31.2 Å². The normalized spacial score (nSPS) is 26.2. The van der Waals surface area contributed by atoms with E-state index < -0.39 is 0 Å². The summed E-state index contributed by atoms with van der Waals surface area (Å²) in [6, 6.07) is 8.44. The van der Waals surface area contributed by atoms with Crippen molar-refractivity contribution in [3.8, 4) is 0 Å². The molecule has 1 aliphatic rings. The molecule has 0 aliphatic heterocycles. The van der Waals surface area contributed by atoms with E-state index in [1.165, 1.54) is 17.5 Å². The zero-order valence-corrected chi connectivity index (χ0v) is 12.8. The van der Waals surface area contributed by atoms with Crippen LogP contribution in [0.15, 0.2) is 24.3 Å².